The molecule has 0 bridgehead atoms. The Labute approximate surface area is 110 Å². The van der Waals surface area contributed by atoms with Gasteiger partial charge in [-0.1, -0.05) is 29.8 Å². The van der Waals surface area contributed by atoms with Crippen molar-refractivity contribution in [1.82, 2.24) is 9.80 Å². The average molecular weight is 248 g/mol. The lowest BCUT2D eigenvalue weighted by Crippen LogP contribution is -2.52. The fourth-order valence-corrected chi connectivity index (χ4v) is 2.81. The summed E-state index contributed by atoms with van der Waals surface area (Å²) in [5, 5.41) is 9.73. The van der Waals surface area contributed by atoms with Crippen molar-refractivity contribution in [2.24, 2.45) is 0 Å². The summed E-state index contributed by atoms with van der Waals surface area (Å²) in [6.07, 6.45) is 0. The van der Waals surface area contributed by atoms with E-state index >= 15 is 0 Å². The first-order valence-electron chi connectivity index (χ1n) is 6.73. The Hall–Kier alpha value is -0.900. The van der Waals surface area contributed by atoms with Crippen LogP contribution < -0.4 is 0 Å². The third-order valence-corrected chi connectivity index (χ3v) is 3.92. The molecule has 1 saturated heterocycles. The number of hydrogen-bond donors (Lipinski definition) is 1. The highest BCUT2D eigenvalue weighted by molar-refractivity contribution is 5.24. The monoisotopic (exact) mass is 248 g/mol. The van der Waals surface area contributed by atoms with Gasteiger partial charge in [-0.2, -0.15) is 0 Å². The largest absolute Gasteiger partial charge is 0.394 e. The molecule has 100 valence electrons. The first kappa shape index (κ1) is 13.5. The van der Waals surface area contributed by atoms with Gasteiger partial charge in [-0.3, -0.25) is 4.90 Å². The van der Waals surface area contributed by atoms with Gasteiger partial charge in [0.2, 0.25) is 0 Å². The lowest BCUT2D eigenvalue weighted by atomic mass is 10.0. The molecule has 2 unspecified atom stereocenters. The number of likely N-dealkylation sites (N-methyl/N-ethyl adjacent to an activating group) is 1. The molecule has 3 heteroatoms. The molecule has 0 radical (unpaired) electrons. The van der Waals surface area contributed by atoms with E-state index in [0.717, 1.165) is 19.6 Å². The molecule has 2 atom stereocenters. The molecule has 1 aliphatic rings. The fourth-order valence-electron chi connectivity index (χ4n) is 2.81. The molecule has 1 N–H and O–H groups in total. The zero-order valence-corrected chi connectivity index (χ0v) is 11.6. The molecule has 2 rings (SSSR count). The molecule has 0 saturated carbocycles. The molecule has 3 nitrogen and oxygen atoms in total. The minimum atomic E-state index is 0.134. The molecule has 18 heavy (non-hydrogen) atoms. The van der Waals surface area contributed by atoms with Crippen molar-refractivity contribution in [2.75, 3.05) is 33.3 Å². The minimum absolute atomic E-state index is 0.134. The van der Waals surface area contributed by atoms with Crippen molar-refractivity contribution < 1.29 is 5.11 Å². The van der Waals surface area contributed by atoms with E-state index in [1.807, 2.05) is 0 Å². The third kappa shape index (κ3) is 2.91. The predicted molar refractivity (Wildman–Crippen MR) is 74.7 cm³/mol. The Bertz CT molecular complexity index is 377. The maximum atomic E-state index is 9.73. The lowest BCUT2D eigenvalue weighted by molar-refractivity contribution is 0.0341. The van der Waals surface area contributed by atoms with Gasteiger partial charge in [0.25, 0.3) is 0 Å². The molecule has 0 aliphatic carbocycles. The molecule has 1 aromatic carbocycles. The van der Waals surface area contributed by atoms with Crippen LogP contribution in [0.15, 0.2) is 24.3 Å². The van der Waals surface area contributed by atoms with E-state index in [2.05, 4.69) is 55.0 Å². The highest BCUT2D eigenvalue weighted by Crippen LogP contribution is 2.25. The quantitative estimate of drug-likeness (QED) is 0.881. The van der Waals surface area contributed by atoms with Crippen molar-refractivity contribution in [2.45, 2.75) is 25.9 Å². The van der Waals surface area contributed by atoms with Gasteiger partial charge >= 0.3 is 0 Å². The second kappa shape index (κ2) is 5.83. The Morgan fingerprint density at radius 2 is 1.94 bits per heavy atom. The van der Waals surface area contributed by atoms with Crippen molar-refractivity contribution in [3.05, 3.63) is 35.4 Å². The highest BCUT2D eigenvalue weighted by atomic mass is 16.3. The third-order valence-electron chi connectivity index (χ3n) is 3.92. The molecule has 1 fully saturated rings. The van der Waals surface area contributed by atoms with E-state index in [-0.39, 0.29) is 12.6 Å². The number of piperazine rings is 1. The van der Waals surface area contributed by atoms with E-state index in [4.69, 9.17) is 0 Å². The van der Waals surface area contributed by atoms with E-state index in [0.29, 0.717) is 6.04 Å². The number of aliphatic hydroxyl groups excluding tert-OH is 1. The van der Waals surface area contributed by atoms with Crippen LogP contribution in [0, 0.1) is 6.92 Å². The van der Waals surface area contributed by atoms with Crippen LogP contribution in [0.25, 0.3) is 0 Å². The van der Waals surface area contributed by atoms with Gasteiger partial charge in [0.15, 0.2) is 0 Å². The molecule has 0 spiro atoms. The number of nitrogens with zero attached hydrogens (tertiary/aromatic N) is 2. The first-order valence-corrected chi connectivity index (χ1v) is 6.73. The molecule has 1 aliphatic heterocycles. The van der Waals surface area contributed by atoms with Gasteiger partial charge in [0.05, 0.1) is 12.6 Å². The van der Waals surface area contributed by atoms with Crippen LogP contribution in [-0.2, 0) is 0 Å². The summed E-state index contributed by atoms with van der Waals surface area (Å²) in [4.78, 5) is 4.77. The number of benzene rings is 1. The summed E-state index contributed by atoms with van der Waals surface area (Å²) in [6, 6.07) is 9.15. The van der Waals surface area contributed by atoms with Crippen LogP contribution in [0.3, 0.4) is 0 Å². The van der Waals surface area contributed by atoms with Crippen molar-refractivity contribution in [3.8, 4) is 0 Å². The molecular weight excluding hydrogens is 224 g/mol. The summed E-state index contributed by atoms with van der Waals surface area (Å²) in [7, 11) is 2.16. The minimum Gasteiger partial charge on any atom is -0.394 e. The first-order chi connectivity index (χ1) is 8.61. The standard InChI is InChI=1S/C15H24N2O/c1-12-4-6-14(7-5-12)15(11-18)17-9-8-16(3)10-13(17)2/h4-7,13,15,18H,8-11H2,1-3H3. The van der Waals surface area contributed by atoms with Crippen LogP contribution in [0.1, 0.15) is 24.1 Å². The van der Waals surface area contributed by atoms with E-state index < -0.39 is 0 Å². The molecule has 0 aromatic heterocycles. The zero-order valence-electron chi connectivity index (χ0n) is 11.6. The van der Waals surface area contributed by atoms with Gasteiger partial charge in [-0.05, 0) is 26.5 Å². The van der Waals surface area contributed by atoms with E-state index in [1.54, 1.807) is 0 Å². The van der Waals surface area contributed by atoms with Gasteiger partial charge < -0.3 is 10.0 Å². The summed E-state index contributed by atoms with van der Waals surface area (Å²) in [5.41, 5.74) is 2.49. The summed E-state index contributed by atoms with van der Waals surface area (Å²) in [6.45, 7) is 7.70. The lowest BCUT2D eigenvalue weighted by Gasteiger charge is -2.42. The second-order valence-electron chi connectivity index (χ2n) is 5.46. The number of hydrogen-bond acceptors (Lipinski definition) is 3. The Morgan fingerprint density at radius 3 is 2.50 bits per heavy atom. The van der Waals surface area contributed by atoms with Crippen molar-refractivity contribution in [3.63, 3.8) is 0 Å². The molecule has 1 aromatic rings. The number of aliphatic hydroxyl groups is 1. The van der Waals surface area contributed by atoms with Gasteiger partial charge in [-0.25, -0.2) is 0 Å². The second-order valence-corrected chi connectivity index (χ2v) is 5.46. The maximum Gasteiger partial charge on any atom is 0.0628 e. The van der Waals surface area contributed by atoms with E-state index in [1.165, 1.54) is 11.1 Å². The van der Waals surface area contributed by atoms with Crippen LogP contribution >= 0.6 is 0 Å². The van der Waals surface area contributed by atoms with Crippen LogP contribution in [0.2, 0.25) is 0 Å². The number of rotatable bonds is 3. The SMILES string of the molecule is Cc1ccc(C(CO)N2CCN(C)CC2C)cc1. The topological polar surface area (TPSA) is 26.7 Å². The Morgan fingerprint density at radius 1 is 1.28 bits per heavy atom. The summed E-state index contributed by atoms with van der Waals surface area (Å²) in [5.74, 6) is 0. The maximum absolute atomic E-state index is 9.73. The van der Waals surface area contributed by atoms with E-state index in [9.17, 15) is 5.11 Å². The van der Waals surface area contributed by atoms with Crippen molar-refractivity contribution >= 4 is 0 Å². The molecule has 0 amide bonds. The van der Waals surface area contributed by atoms with Crippen LogP contribution in [0.5, 0.6) is 0 Å². The van der Waals surface area contributed by atoms with Crippen LogP contribution in [-0.4, -0.2) is 54.2 Å². The highest BCUT2D eigenvalue weighted by Gasteiger charge is 2.28. The predicted octanol–water partition coefficient (Wildman–Crippen LogP) is 1.66. The smallest absolute Gasteiger partial charge is 0.0628 e. The van der Waals surface area contributed by atoms with Gasteiger partial charge in [-0.15, -0.1) is 0 Å². The Kier molecular flexibility index (Phi) is 4.38. The van der Waals surface area contributed by atoms with Gasteiger partial charge in [0, 0.05) is 25.7 Å². The Balaban J connectivity index is 2.15. The summed E-state index contributed by atoms with van der Waals surface area (Å²) < 4.78 is 0. The van der Waals surface area contributed by atoms with Gasteiger partial charge in [0.1, 0.15) is 0 Å². The number of aryl methyl sites for hydroxylation is 1. The van der Waals surface area contributed by atoms with Crippen LogP contribution in [0.4, 0.5) is 0 Å². The summed E-state index contributed by atoms with van der Waals surface area (Å²) >= 11 is 0. The average Bonchev–Trinajstić information content (AvgIpc) is 2.35. The zero-order chi connectivity index (χ0) is 13.1. The normalized spacial score (nSPS) is 24.1. The molecule has 1 heterocycles. The molecular formula is C15H24N2O. The fraction of sp³-hybridized carbons (Fsp3) is 0.600. The van der Waals surface area contributed by atoms with Crippen molar-refractivity contribution in [1.29, 1.82) is 0 Å².